The first-order valence-electron chi connectivity index (χ1n) is 9.70. The van der Waals surface area contributed by atoms with Crippen LogP contribution in [0.3, 0.4) is 0 Å². The van der Waals surface area contributed by atoms with Crippen LogP contribution >= 0.6 is 0 Å². The number of hydrogen-bond acceptors (Lipinski definition) is 4. The number of fused-ring (bicyclic) bond motifs is 2. The van der Waals surface area contributed by atoms with Crippen LogP contribution in [0.4, 0.5) is 0 Å². The van der Waals surface area contributed by atoms with Gasteiger partial charge in [0, 0.05) is 12.0 Å². The number of aromatic nitrogens is 3. The molecule has 1 aliphatic heterocycles. The molecule has 2 aliphatic rings. The molecule has 0 saturated carbocycles. The Bertz CT molecular complexity index is 928. The van der Waals surface area contributed by atoms with E-state index in [0.29, 0.717) is 0 Å². The summed E-state index contributed by atoms with van der Waals surface area (Å²) in [5, 5.41) is 19.4. The minimum absolute atomic E-state index is 0.0608. The molecular weight excluding hydrogens is 336 g/mol. The Morgan fingerprint density at radius 1 is 1.00 bits per heavy atom. The number of aliphatic hydroxyl groups is 1. The number of piperidine rings is 1. The van der Waals surface area contributed by atoms with Crippen molar-refractivity contribution in [1.82, 2.24) is 19.9 Å². The molecule has 1 N–H and O–H groups in total. The maximum atomic E-state index is 10.8. The number of rotatable bonds is 3. The molecule has 0 amide bonds. The van der Waals surface area contributed by atoms with Crippen LogP contribution in [0.2, 0.25) is 0 Å². The van der Waals surface area contributed by atoms with Crippen molar-refractivity contribution >= 4 is 0 Å². The minimum Gasteiger partial charge on any atom is -0.392 e. The first-order valence-corrected chi connectivity index (χ1v) is 9.70. The standard InChI is InChI=1S/C22H24N4O/c27-21-14-17-6-4-5-9-20(17)22(21)10-12-25(13-11-22)15-18-16-26(24-23-18)19-7-2-1-3-8-19/h1-9,16,21,27H,10-15H2/t21-/m0/s1. The van der Waals surface area contributed by atoms with E-state index in [-0.39, 0.29) is 11.5 Å². The van der Waals surface area contributed by atoms with Gasteiger partial charge in [0.05, 0.1) is 23.7 Å². The summed E-state index contributed by atoms with van der Waals surface area (Å²) in [7, 11) is 0. The Balaban J connectivity index is 1.28. The largest absolute Gasteiger partial charge is 0.392 e. The van der Waals surface area contributed by atoms with Crippen LogP contribution in [-0.4, -0.2) is 44.2 Å². The van der Waals surface area contributed by atoms with Gasteiger partial charge in [-0.05, 0) is 55.6 Å². The molecule has 1 spiro atoms. The lowest BCUT2D eigenvalue weighted by molar-refractivity contribution is 0.0410. The number of likely N-dealkylation sites (tertiary alicyclic amines) is 1. The zero-order chi connectivity index (χ0) is 18.3. The third kappa shape index (κ3) is 2.87. The van der Waals surface area contributed by atoms with Crippen molar-refractivity contribution in [2.75, 3.05) is 13.1 Å². The molecule has 2 aromatic carbocycles. The Labute approximate surface area is 159 Å². The van der Waals surface area contributed by atoms with E-state index in [2.05, 4.69) is 39.5 Å². The second-order valence-corrected chi connectivity index (χ2v) is 7.80. The van der Waals surface area contributed by atoms with Crippen molar-refractivity contribution in [3.63, 3.8) is 0 Å². The third-order valence-corrected chi connectivity index (χ3v) is 6.30. The highest BCUT2D eigenvalue weighted by molar-refractivity contribution is 5.42. The zero-order valence-corrected chi connectivity index (χ0v) is 15.3. The van der Waals surface area contributed by atoms with E-state index in [0.717, 1.165) is 50.3 Å². The van der Waals surface area contributed by atoms with E-state index in [1.807, 2.05) is 41.2 Å². The normalized spacial score (nSPS) is 21.4. The summed E-state index contributed by atoms with van der Waals surface area (Å²) in [6.07, 6.45) is 4.55. The molecule has 2 heterocycles. The van der Waals surface area contributed by atoms with Gasteiger partial charge in [-0.3, -0.25) is 4.90 Å². The van der Waals surface area contributed by atoms with Gasteiger partial charge in [0.2, 0.25) is 0 Å². The highest BCUT2D eigenvalue weighted by atomic mass is 16.3. The minimum atomic E-state index is -0.254. The number of para-hydroxylation sites is 1. The monoisotopic (exact) mass is 360 g/mol. The molecule has 5 heteroatoms. The summed E-state index contributed by atoms with van der Waals surface area (Å²) in [4.78, 5) is 2.43. The number of aliphatic hydroxyl groups excluding tert-OH is 1. The molecule has 1 atom stereocenters. The van der Waals surface area contributed by atoms with Gasteiger partial charge in [-0.15, -0.1) is 5.10 Å². The van der Waals surface area contributed by atoms with Crippen LogP contribution in [0.5, 0.6) is 0 Å². The molecule has 1 fully saturated rings. The second-order valence-electron chi connectivity index (χ2n) is 7.80. The lowest BCUT2D eigenvalue weighted by Gasteiger charge is -2.42. The van der Waals surface area contributed by atoms with Crippen molar-refractivity contribution in [3.8, 4) is 5.69 Å². The molecule has 5 nitrogen and oxygen atoms in total. The van der Waals surface area contributed by atoms with E-state index in [1.54, 1.807) is 0 Å². The van der Waals surface area contributed by atoms with Gasteiger partial charge in [-0.2, -0.15) is 0 Å². The zero-order valence-electron chi connectivity index (χ0n) is 15.3. The predicted octanol–water partition coefficient (Wildman–Crippen LogP) is 2.72. The van der Waals surface area contributed by atoms with Crippen molar-refractivity contribution in [2.24, 2.45) is 0 Å². The molecular formula is C22H24N4O. The van der Waals surface area contributed by atoms with Crippen LogP contribution < -0.4 is 0 Å². The van der Waals surface area contributed by atoms with Crippen molar-refractivity contribution < 1.29 is 5.11 Å². The number of hydrogen-bond donors (Lipinski definition) is 1. The number of nitrogens with zero attached hydrogens (tertiary/aromatic N) is 4. The van der Waals surface area contributed by atoms with Crippen molar-refractivity contribution in [2.45, 2.75) is 37.3 Å². The first-order chi connectivity index (χ1) is 13.2. The Morgan fingerprint density at radius 3 is 2.56 bits per heavy atom. The highest BCUT2D eigenvalue weighted by Crippen LogP contribution is 2.46. The molecule has 27 heavy (non-hydrogen) atoms. The summed E-state index contributed by atoms with van der Waals surface area (Å²) in [6.45, 7) is 2.76. The Kier molecular flexibility index (Phi) is 4.06. The molecule has 3 aromatic rings. The Morgan fingerprint density at radius 2 is 1.74 bits per heavy atom. The van der Waals surface area contributed by atoms with E-state index >= 15 is 0 Å². The van der Waals surface area contributed by atoms with Gasteiger partial charge in [0.25, 0.3) is 0 Å². The van der Waals surface area contributed by atoms with Crippen LogP contribution in [0.1, 0.15) is 29.7 Å². The predicted molar refractivity (Wildman–Crippen MR) is 104 cm³/mol. The van der Waals surface area contributed by atoms with Crippen LogP contribution in [0.25, 0.3) is 5.69 Å². The van der Waals surface area contributed by atoms with E-state index in [9.17, 15) is 5.11 Å². The summed E-state index contributed by atoms with van der Waals surface area (Å²) in [5.41, 5.74) is 4.65. The summed E-state index contributed by atoms with van der Waals surface area (Å²) in [5.74, 6) is 0. The van der Waals surface area contributed by atoms with Gasteiger partial charge in [0.1, 0.15) is 0 Å². The first kappa shape index (κ1) is 16.7. The summed E-state index contributed by atoms with van der Waals surface area (Å²) < 4.78 is 1.83. The topological polar surface area (TPSA) is 54.2 Å². The third-order valence-electron chi connectivity index (χ3n) is 6.30. The van der Waals surface area contributed by atoms with Gasteiger partial charge >= 0.3 is 0 Å². The summed E-state index contributed by atoms with van der Waals surface area (Å²) in [6, 6.07) is 18.6. The van der Waals surface area contributed by atoms with Gasteiger partial charge in [-0.1, -0.05) is 47.7 Å². The fourth-order valence-corrected chi connectivity index (χ4v) is 4.79. The fourth-order valence-electron chi connectivity index (χ4n) is 4.79. The quantitative estimate of drug-likeness (QED) is 0.780. The molecule has 1 saturated heterocycles. The van der Waals surface area contributed by atoms with Crippen LogP contribution in [0, 0.1) is 0 Å². The van der Waals surface area contributed by atoms with E-state index in [1.165, 1.54) is 11.1 Å². The van der Waals surface area contributed by atoms with Gasteiger partial charge in [-0.25, -0.2) is 4.68 Å². The van der Waals surface area contributed by atoms with Gasteiger partial charge < -0.3 is 5.11 Å². The highest BCUT2D eigenvalue weighted by Gasteiger charge is 2.47. The Hall–Kier alpha value is -2.50. The average Bonchev–Trinajstić information content (AvgIpc) is 3.28. The smallest absolute Gasteiger partial charge is 0.0971 e. The fraction of sp³-hybridized carbons (Fsp3) is 0.364. The maximum Gasteiger partial charge on any atom is 0.0971 e. The van der Waals surface area contributed by atoms with E-state index in [4.69, 9.17) is 0 Å². The lowest BCUT2D eigenvalue weighted by atomic mass is 9.72. The van der Waals surface area contributed by atoms with E-state index < -0.39 is 0 Å². The van der Waals surface area contributed by atoms with Gasteiger partial charge in [0.15, 0.2) is 0 Å². The summed E-state index contributed by atoms with van der Waals surface area (Å²) >= 11 is 0. The molecule has 1 aromatic heterocycles. The SMILES string of the molecule is O[C@H]1Cc2ccccc2C12CCN(Cc1cn(-c3ccccc3)nn1)CC2. The average molecular weight is 360 g/mol. The lowest BCUT2D eigenvalue weighted by Crippen LogP contribution is -2.47. The molecule has 1 aliphatic carbocycles. The molecule has 0 bridgehead atoms. The molecule has 5 rings (SSSR count). The molecule has 0 unspecified atom stereocenters. The number of benzene rings is 2. The van der Waals surface area contributed by atoms with Crippen LogP contribution in [0.15, 0.2) is 60.8 Å². The van der Waals surface area contributed by atoms with Crippen molar-refractivity contribution in [3.05, 3.63) is 77.6 Å². The van der Waals surface area contributed by atoms with Crippen molar-refractivity contribution in [1.29, 1.82) is 0 Å². The molecule has 0 radical (unpaired) electrons. The maximum absolute atomic E-state index is 10.8. The second kappa shape index (κ2) is 6.59. The molecule has 138 valence electrons. The van der Waals surface area contributed by atoms with Crippen LogP contribution in [-0.2, 0) is 18.4 Å².